The molecule has 16 heavy (non-hydrogen) atoms. The SMILES string of the molecule is CCCCCCCCSc1ccccc1N. The van der Waals surface area contributed by atoms with Gasteiger partial charge >= 0.3 is 0 Å². The Labute approximate surface area is 104 Å². The lowest BCUT2D eigenvalue weighted by Gasteiger charge is -2.04. The third-order valence-electron chi connectivity index (χ3n) is 2.67. The second-order valence-corrected chi connectivity index (χ2v) is 5.29. The number of nitrogen functional groups attached to an aromatic ring is 1. The molecule has 0 aromatic heterocycles. The molecule has 1 nitrogen and oxygen atoms in total. The molecule has 2 N–H and O–H groups in total. The van der Waals surface area contributed by atoms with Gasteiger partial charge in [-0.05, 0) is 24.3 Å². The van der Waals surface area contributed by atoms with Gasteiger partial charge in [0, 0.05) is 10.6 Å². The summed E-state index contributed by atoms with van der Waals surface area (Å²) in [5.74, 6) is 1.19. The number of hydrogen-bond donors (Lipinski definition) is 1. The predicted octanol–water partition coefficient (Wildman–Crippen LogP) is 4.72. The van der Waals surface area contributed by atoms with Crippen LogP contribution in [0.15, 0.2) is 29.2 Å². The molecule has 0 bridgehead atoms. The predicted molar refractivity (Wildman–Crippen MR) is 75.0 cm³/mol. The number of unbranched alkanes of at least 4 members (excludes halogenated alkanes) is 5. The van der Waals surface area contributed by atoms with E-state index in [2.05, 4.69) is 19.1 Å². The van der Waals surface area contributed by atoms with E-state index in [-0.39, 0.29) is 0 Å². The maximum Gasteiger partial charge on any atom is 0.0452 e. The summed E-state index contributed by atoms with van der Waals surface area (Å²) in [5.41, 5.74) is 6.80. The largest absolute Gasteiger partial charge is 0.398 e. The Hall–Kier alpha value is -0.630. The van der Waals surface area contributed by atoms with E-state index >= 15 is 0 Å². The van der Waals surface area contributed by atoms with E-state index in [0.717, 1.165) is 5.69 Å². The molecule has 0 aliphatic carbocycles. The van der Waals surface area contributed by atoms with Crippen LogP contribution < -0.4 is 5.73 Å². The standard InChI is InChI=1S/C14H23NS/c1-2-3-4-5-6-9-12-16-14-11-8-7-10-13(14)15/h7-8,10-11H,2-6,9,12,15H2,1H3. The fourth-order valence-electron chi connectivity index (χ4n) is 1.68. The van der Waals surface area contributed by atoms with E-state index in [1.54, 1.807) is 0 Å². The van der Waals surface area contributed by atoms with Crippen LogP contribution in [-0.4, -0.2) is 5.75 Å². The topological polar surface area (TPSA) is 26.0 Å². The number of thioether (sulfide) groups is 1. The highest BCUT2D eigenvalue weighted by Gasteiger charge is 1.97. The maximum absolute atomic E-state index is 5.88. The van der Waals surface area contributed by atoms with Crippen LogP contribution in [0, 0.1) is 0 Å². The lowest BCUT2D eigenvalue weighted by atomic mass is 10.1. The number of rotatable bonds is 8. The molecule has 0 spiro atoms. The lowest BCUT2D eigenvalue weighted by molar-refractivity contribution is 0.627. The number of nitrogens with two attached hydrogens (primary N) is 1. The molecule has 1 aromatic rings. The normalized spacial score (nSPS) is 10.6. The monoisotopic (exact) mass is 237 g/mol. The number of benzene rings is 1. The third-order valence-corrected chi connectivity index (χ3v) is 3.85. The van der Waals surface area contributed by atoms with Crippen LogP contribution in [0.3, 0.4) is 0 Å². The van der Waals surface area contributed by atoms with Gasteiger partial charge in [-0.2, -0.15) is 0 Å². The van der Waals surface area contributed by atoms with Gasteiger partial charge in [0.15, 0.2) is 0 Å². The molecule has 0 atom stereocenters. The van der Waals surface area contributed by atoms with Crippen molar-refractivity contribution in [1.29, 1.82) is 0 Å². The summed E-state index contributed by atoms with van der Waals surface area (Å²) in [6, 6.07) is 8.13. The van der Waals surface area contributed by atoms with Crippen molar-refractivity contribution in [2.75, 3.05) is 11.5 Å². The van der Waals surface area contributed by atoms with Gasteiger partial charge in [0.25, 0.3) is 0 Å². The van der Waals surface area contributed by atoms with Crippen LogP contribution in [0.1, 0.15) is 45.4 Å². The maximum atomic E-state index is 5.88. The van der Waals surface area contributed by atoms with Crippen LogP contribution in [0.4, 0.5) is 5.69 Å². The fourth-order valence-corrected chi connectivity index (χ4v) is 2.65. The molecule has 0 heterocycles. The Morgan fingerprint density at radius 1 is 1.00 bits per heavy atom. The van der Waals surface area contributed by atoms with Crippen molar-refractivity contribution < 1.29 is 0 Å². The van der Waals surface area contributed by atoms with E-state index in [0.29, 0.717) is 0 Å². The Bertz CT molecular complexity index is 286. The van der Waals surface area contributed by atoms with E-state index in [1.807, 2.05) is 23.9 Å². The number of hydrogen-bond acceptors (Lipinski definition) is 2. The van der Waals surface area contributed by atoms with Crippen molar-refractivity contribution in [3.05, 3.63) is 24.3 Å². The Kier molecular flexibility index (Phi) is 7.15. The Morgan fingerprint density at radius 3 is 2.44 bits per heavy atom. The second-order valence-electron chi connectivity index (χ2n) is 4.15. The molecule has 0 saturated heterocycles. The van der Waals surface area contributed by atoms with Crippen molar-refractivity contribution in [1.82, 2.24) is 0 Å². The smallest absolute Gasteiger partial charge is 0.0452 e. The van der Waals surface area contributed by atoms with Gasteiger partial charge in [-0.3, -0.25) is 0 Å². The van der Waals surface area contributed by atoms with Gasteiger partial charge in [-0.15, -0.1) is 11.8 Å². The molecule has 2 heteroatoms. The van der Waals surface area contributed by atoms with Crippen LogP contribution in [0.2, 0.25) is 0 Å². The molecule has 90 valence electrons. The van der Waals surface area contributed by atoms with Crippen LogP contribution in [0.25, 0.3) is 0 Å². The van der Waals surface area contributed by atoms with Crippen molar-refractivity contribution in [2.45, 2.75) is 50.3 Å². The molecular weight excluding hydrogens is 214 g/mol. The van der Waals surface area contributed by atoms with E-state index in [1.165, 1.54) is 49.2 Å². The van der Waals surface area contributed by atoms with Crippen molar-refractivity contribution in [2.24, 2.45) is 0 Å². The summed E-state index contributed by atoms with van der Waals surface area (Å²) in [4.78, 5) is 1.23. The molecule has 0 fully saturated rings. The summed E-state index contributed by atoms with van der Waals surface area (Å²) in [7, 11) is 0. The van der Waals surface area contributed by atoms with Crippen molar-refractivity contribution in [3.63, 3.8) is 0 Å². The van der Waals surface area contributed by atoms with Crippen LogP contribution >= 0.6 is 11.8 Å². The molecule has 0 aliphatic rings. The molecule has 1 aromatic carbocycles. The second kappa shape index (κ2) is 8.51. The Balaban J connectivity index is 2.05. The van der Waals surface area contributed by atoms with Crippen molar-refractivity contribution >= 4 is 17.4 Å². The van der Waals surface area contributed by atoms with Gasteiger partial charge in [0.05, 0.1) is 0 Å². The van der Waals surface area contributed by atoms with Crippen LogP contribution in [0.5, 0.6) is 0 Å². The highest BCUT2D eigenvalue weighted by atomic mass is 32.2. The summed E-state index contributed by atoms with van der Waals surface area (Å²) in [6.45, 7) is 2.26. The van der Waals surface area contributed by atoms with Crippen molar-refractivity contribution in [3.8, 4) is 0 Å². The summed E-state index contributed by atoms with van der Waals surface area (Å²) in [6.07, 6.45) is 8.17. The van der Waals surface area contributed by atoms with Gasteiger partial charge in [0.1, 0.15) is 0 Å². The van der Waals surface area contributed by atoms with Crippen LogP contribution in [-0.2, 0) is 0 Å². The zero-order valence-electron chi connectivity index (χ0n) is 10.2. The Morgan fingerprint density at radius 2 is 1.69 bits per heavy atom. The molecule has 0 aliphatic heterocycles. The number of anilines is 1. The lowest BCUT2D eigenvalue weighted by Crippen LogP contribution is -1.88. The number of para-hydroxylation sites is 1. The van der Waals surface area contributed by atoms with Gasteiger partial charge in [-0.1, -0.05) is 51.2 Å². The zero-order chi connectivity index (χ0) is 11.6. The molecule has 0 unspecified atom stereocenters. The molecule has 0 saturated carbocycles. The average Bonchev–Trinajstić information content (AvgIpc) is 2.30. The zero-order valence-corrected chi connectivity index (χ0v) is 11.1. The summed E-state index contributed by atoms with van der Waals surface area (Å²) >= 11 is 1.89. The van der Waals surface area contributed by atoms with E-state index < -0.39 is 0 Å². The minimum Gasteiger partial charge on any atom is -0.398 e. The fraction of sp³-hybridized carbons (Fsp3) is 0.571. The van der Waals surface area contributed by atoms with Gasteiger partial charge < -0.3 is 5.73 Å². The quantitative estimate of drug-likeness (QED) is 0.402. The average molecular weight is 237 g/mol. The van der Waals surface area contributed by atoms with E-state index in [4.69, 9.17) is 5.73 Å². The van der Waals surface area contributed by atoms with E-state index in [9.17, 15) is 0 Å². The summed E-state index contributed by atoms with van der Waals surface area (Å²) < 4.78 is 0. The molecule has 0 amide bonds. The molecular formula is C14H23NS. The first kappa shape index (κ1) is 13.4. The highest BCUT2D eigenvalue weighted by Crippen LogP contribution is 2.25. The molecule has 0 radical (unpaired) electrons. The van der Waals surface area contributed by atoms with Gasteiger partial charge in [-0.25, -0.2) is 0 Å². The third kappa shape index (κ3) is 5.45. The minimum absolute atomic E-state index is 0.915. The molecule has 1 rings (SSSR count). The van der Waals surface area contributed by atoms with Gasteiger partial charge in [0.2, 0.25) is 0 Å². The first-order valence-corrected chi connectivity index (χ1v) is 7.30. The highest BCUT2D eigenvalue weighted by molar-refractivity contribution is 7.99. The summed E-state index contributed by atoms with van der Waals surface area (Å²) in [5, 5.41) is 0. The first-order valence-electron chi connectivity index (χ1n) is 6.32. The minimum atomic E-state index is 0.915. The first-order chi connectivity index (χ1) is 7.84.